The van der Waals surface area contributed by atoms with Gasteiger partial charge in [0.05, 0.1) is 5.69 Å². The molecule has 0 saturated carbocycles. The maximum absolute atomic E-state index is 4.82. The van der Waals surface area contributed by atoms with E-state index in [9.17, 15) is 0 Å². The van der Waals surface area contributed by atoms with E-state index < -0.39 is 0 Å². The molecule has 1 atom stereocenters. The van der Waals surface area contributed by atoms with Crippen LogP contribution in [-0.2, 0) is 6.42 Å². The van der Waals surface area contributed by atoms with E-state index in [1.807, 2.05) is 13.2 Å². The molecule has 0 aliphatic heterocycles. The van der Waals surface area contributed by atoms with Gasteiger partial charge in [0.1, 0.15) is 0 Å². The molecule has 0 bridgehead atoms. The third-order valence-electron chi connectivity index (χ3n) is 4.06. The predicted molar refractivity (Wildman–Crippen MR) is 79.5 cm³/mol. The van der Waals surface area contributed by atoms with Crippen LogP contribution in [0, 0.1) is 5.41 Å². The number of hydrogen-bond donors (Lipinski definition) is 1. The number of anilines is 1. The van der Waals surface area contributed by atoms with Gasteiger partial charge < -0.3 is 10.2 Å². The molecule has 1 unspecified atom stereocenters. The Hall–Kier alpha value is -1.16. The quantitative estimate of drug-likeness (QED) is 0.905. The summed E-state index contributed by atoms with van der Waals surface area (Å²) in [5.41, 5.74) is 2.79. The largest absolute Gasteiger partial charge is 0.341 e. The Morgan fingerprint density at radius 1 is 1.37 bits per heavy atom. The number of hydrogen-bond acceptors (Lipinski definition) is 4. The van der Waals surface area contributed by atoms with Gasteiger partial charge in [0.25, 0.3) is 0 Å². The smallest absolute Gasteiger partial charge is 0.225 e. The highest BCUT2D eigenvalue weighted by Crippen LogP contribution is 2.39. The number of rotatable bonds is 4. The molecular weight excluding hydrogens is 236 g/mol. The minimum atomic E-state index is 0.301. The first-order valence-corrected chi connectivity index (χ1v) is 7.28. The average molecular weight is 262 g/mol. The zero-order valence-electron chi connectivity index (χ0n) is 12.8. The second kappa shape index (κ2) is 5.45. The van der Waals surface area contributed by atoms with Gasteiger partial charge in [-0.15, -0.1) is 0 Å². The highest BCUT2D eigenvalue weighted by Gasteiger charge is 2.33. The van der Waals surface area contributed by atoms with Crippen LogP contribution < -0.4 is 10.2 Å². The standard InChI is InChI=1S/C15H26N4/c1-6-19(7-2)14-17-10-11-12(16-5)8-15(3,4)9-13(11)18-14/h10,12,16H,6-9H2,1-5H3. The van der Waals surface area contributed by atoms with E-state index >= 15 is 0 Å². The number of nitrogens with one attached hydrogen (secondary N) is 1. The molecule has 0 saturated heterocycles. The van der Waals surface area contributed by atoms with Crippen LogP contribution in [0.2, 0.25) is 0 Å². The van der Waals surface area contributed by atoms with Crippen LogP contribution in [0.1, 0.15) is 51.4 Å². The van der Waals surface area contributed by atoms with Crippen LogP contribution in [0.15, 0.2) is 6.20 Å². The van der Waals surface area contributed by atoms with Gasteiger partial charge in [-0.25, -0.2) is 9.97 Å². The van der Waals surface area contributed by atoms with Crippen molar-refractivity contribution in [1.82, 2.24) is 15.3 Å². The van der Waals surface area contributed by atoms with Crippen LogP contribution in [0.5, 0.6) is 0 Å². The van der Waals surface area contributed by atoms with Crippen molar-refractivity contribution in [2.24, 2.45) is 5.41 Å². The molecular formula is C15H26N4. The number of aromatic nitrogens is 2. The Balaban J connectivity index is 2.38. The first-order chi connectivity index (χ1) is 9.00. The maximum atomic E-state index is 4.82. The SMILES string of the molecule is CCN(CC)c1ncc2c(n1)CC(C)(C)CC2NC. The lowest BCUT2D eigenvalue weighted by atomic mass is 9.74. The minimum absolute atomic E-state index is 0.301. The lowest BCUT2D eigenvalue weighted by molar-refractivity contribution is 0.260. The van der Waals surface area contributed by atoms with Gasteiger partial charge in [0.15, 0.2) is 0 Å². The van der Waals surface area contributed by atoms with Gasteiger partial charge in [-0.05, 0) is 39.2 Å². The fraction of sp³-hybridized carbons (Fsp3) is 0.733. The Bertz CT molecular complexity index is 438. The number of nitrogens with zero attached hydrogens (tertiary/aromatic N) is 3. The van der Waals surface area contributed by atoms with Gasteiger partial charge in [-0.2, -0.15) is 0 Å². The molecule has 1 heterocycles. The summed E-state index contributed by atoms with van der Waals surface area (Å²) in [5, 5.41) is 3.40. The molecule has 4 heteroatoms. The molecule has 1 N–H and O–H groups in total. The molecule has 4 nitrogen and oxygen atoms in total. The van der Waals surface area contributed by atoms with Crippen molar-refractivity contribution in [2.75, 3.05) is 25.0 Å². The van der Waals surface area contributed by atoms with Crippen molar-refractivity contribution in [1.29, 1.82) is 0 Å². The molecule has 0 radical (unpaired) electrons. The summed E-state index contributed by atoms with van der Waals surface area (Å²) in [6.07, 6.45) is 4.20. The molecule has 0 fully saturated rings. The van der Waals surface area contributed by atoms with E-state index in [-0.39, 0.29) is 0 Å². The van der Waals surface area contributed by atoms with E-state index in [1.54, 1.807) is 0 Å². The number of fused-ring (bicyclic) bond motifs is 1. The second-order valence-electron chi connectivity index (χ2n) is 6.13. The summed E-state index contributed by atoms with van der Waals surface area (Å²) in [7, 11) is 2.02. The average Bonchev–Trinajstić information content (AvgIpc) is 2.37. The lowest BCUT2D eigenvalue weighted by Crippen LogP contribution is -2.33. The molecule has 106 valence electrons. The summed E-state index contributed by atoms with van der Waals surface area (Å²) < 4.78 is 0. The molecule has 1 aromatic heterocycles. The van der Waals surface area contributed by atoms with Crippen molar-refractivity contribution >= 4 is 5.95 Å². The maximum Gasteiger partial charge on any atom is 0.225 e. The Labute approximate surface area is 116 Å². The van der Waals surface area contributed by atoms with E-state index in [0.717, 1.165) is 31.9 Å². The van der Waals surface area contributed by atoms with Crippen molar-refractivity contribution in [2.45, 2.75) is 46.6 Å². The topological polar surface area (TPSA) is 41.1 Å². The summed E-state index contributed by atoms with van der Waals surface area (Å²) in [6.45, 7) is 10.8. The van der Waals surface area contributed by atoms with Crippen LogP contribution >= 0.6 is 0 Å². The van der Waals surface area contributed by atoms with Gasteiger partial charge in [0, 0.05) is 30.9 Å². The lowest BCUT2D eigenvalue weighted by Gasteiger charge is -2.36. The van der Waals surface area contributed by atoms with E-state index in [4.69, 9.17) is 4.98 Å². The third-order valence-corrected chi connectivity index (χ3v) is 4.06. The van der Waals surface area contributed by atoms with Crippen LogP contribution in [0.4, 0.5) is 5.95 Å². The molecule has 0 aromatic carbocycles. The first kappa shape index (κ1) is 14.3. The molecule has 19 heavy (non-hydrogen) atoms. The molecule has 1 aromatic rings. The molecule has 0 amide bonds. The second-order valence-corrected chi connectivity index (χ2v) is 6.13. The molecule has 0 spiro atoms. The summed E-state index contributed by atoms with van der Waals surface area (Å²) >= 11 is 0. The summed E-state index contributed by atoms with van der Waals surface area (Å²) in [4.78, 5) is 11.6. The molecule has 1 aliphatic rings. The van der Waals surface area contributed by atoms with Gasteiger partial charge >= 0.3 is 0 Å². The highest BCUT2D eigenvalue weighted by molar-refractivity contribution is 5.36. The van der Waals surface area contributed by atoms with Gasteiger partial charge in [-0.1, -0.05) is 13.8 Å². The summed E-state index contributed by atoms with van der Waals surface area (Å²) in [6, 6.07) is 0.379. The van der Waals surface area contributed by atoms with E-state index in [0.29, 0.717) is 11.5 Å². The Kier molecular flexibility index (Phi) is 4.09. The first-order valence-electron chi connectivity index (χ1n) is 7.28. The minimum Gasteiger partial charge on any atom is -0.341 e. The Morgan fingerprint density at radius 3 is 2.63 bits per heavy atom. The third kappa shape index (κ3) is 2.89. The monoisotopic (exact) mass is 262 g/mol. The zero-order chi connectivity index (χ0) is 14.0. The van der Waals surface area contributed by atoms with Gasteiger partial charge in [0.2, 0.25) is 5.95 Å². The van der Waals surface area contributed by atoms with Crippen LogP contribution in [0.25, 0.3) is 0 Å². The van der Waals surface area contributed by atoms with Crippen LogP contribution in [-0.4, -0.2) is 30.1 Å². The highest BCUT2D eigenvalue weighted by atomic mass is 15.2. The van der Waals surface area contributed by atoms with E-state index in [2.05, 4.69) is 42.9 Å². The normalized spacial score (nSPS) is 21.0. The Morgan fingerprint density at radius 2 is 2.05 bits per heavy atom. The molecule has 2 rings (SSSR count). The zero-order valence-corrected chi connectivity index (χ0v) is 12.8. The predicted octanol–water partition coefficient (Wildman–Crippen LogP) is 2.56. The van der Waals surface area contributed by atoms with Crippen LogP contribution in [0.3, 0.4) is 0 Å². The van der Waals surface area contributed by atoms with E-state index in [1.165, 1.54) is 11.3 Å². The van der Waals surface area contributed by atoms with Gasteiger partial charge in [-0.3, -0.25) is 0 Å². The fourth-order valence-electron chi connectivity index (χ4n) is 2.95. The van der Waals surface area contributed by atoms with Crippen molar-refractivity contribution in [3.63, 3.8) is 0 Å². The fourth-order valence-corrected chi connectivity index (χ4v) is 2.95. The van der Waals surface area contributed by atoms with Crippen molar-refractivity contribution < 1.29 is 0 Å². The van der Waals surface area contributed by atoms with Crippen molar-refractivity contribution in [3.05, 3.63) is 17.5 Å². The van der Waals surface area contributed by atoms with Crippen molar-refractivity contribution in [3.8, 4) is 0 Å². The summed E-state index contributed by atoms with van der Waals surface area (Å²) in [5.74, 6) is 0.872. The molecule has 1 aliphatic carbocycles.